The smallest absolute Gasteiger partial charge is 0.244 e. The lowest BCUT2D eigenvalue weighted by Gasteiger charge is -2.33. The number of amides is 2. The second kappa shape index (κ2) is 12.8. The Kier molecular flexibility index (Phi) is 10.4. The minimum absolute atomic E-state index is 0.166. The van der Waals surface area contributed by atoms with Crippen molar-refractivity contribution in [1.29, 1.82) is 0 Å². The van der Waals surface area contributed by atoms with Crippen LogP contribution in [0, 0.1) is 6.92 Å². The predicted octanol–water partition coefficient (Wildman–Crippen LogP) is 3.76. The number of ether oxygens (including phenoxy) is 1. The van der Waals surface area contributed by atoms with Crippen molar-refractivity contribution in [2.24, 2.45) is 0 Å². The maximum atomic E-state index is 13.6. The number of rotatable bonds is 12. The summed E-state index contributed by atoms with van der Waals surface area (Å²) in [5, 5.41) is 3.07. The summed E-state index contributed by atoms with van der Waals surface area (Å²) in [4.78, 5) is 28.0. The molecule has 2 rings (SSSR count). The van der Waals surface area contributed by atoms with Crippen molar-refractivity contribution >= 4 is 39.1 Å². The molecule has 0 aliphatic carbocycles. The van der Waals surface area contributed by atoms with Gasteiger partial charge in [0, 0.05) is 13.1 Å². The van der Waals surface area contributed by atoms with Crippen molar-refractivity contribution in [3.05, 3.63) is 58.6 Å². The van der Waals surface area contributed by atoms with Crippen LogP contribution in [0.2, 0.25) is 5.02 Å². The maximum Gasteiger partial charge on any atom is 0.244 e. The molecule has 2 aromatic rings. The molecule has 0 saturated heterocycles. The van der Waals surface area contributed by atoms with Crippen LogP contribution in [0.1, 0.15) is 37.8 Å². The van der Waals surface area contributed by atoms with Gasteiger partial charge in [0.25, 0.3) is 0 Å². The van der Waals surface area contributed by atoms with Gasteiger partial charge in [-0.1, -0.05) is 55.3 Å². The van der Waals surface area contributed by atoms with E-state index in [9.17, 15) is 18.0 Å². The number of methoxy groups -OCH3 is 1. The number of hydrogen-bond acceptors (Lipinski definition) is 5. The van der Waals surface area contributed by atoms with Gasteiger partial charge >= 0.3 is 0 Å². The second-order valence-electron chi connectivity index (χ2n) is 8.31. The third-order valence-electron chi connectivity index (χ3n) is 5.47. The average Bonchev–Trinajstić information content (AvgIpc) is 2.80. The Morgan fingerprint density at radius 2 is 1.86 bits per heavy atom. The predicted molar refractivity (Wildman–Crippen MR) is 139 cm³/mol. The van der Waals surface area contributed by atoms with Crippen LogP contribution in [-0.2, 0) is 26.2 Å². The summed E-state index contributed by atoms with van der Waals surface area (Å²) < 4.78 is 31.5. The van der Waals surface area contributed by atoms with Crippen molar-refractivity contribution in [2.45, 2.75) is 46.2 Å². The van der Waals surface area contributed by atoms with Crippen molar-refractivity contribution in [3.8, 4) is 5.75 Å². The number of nitrogens with zero attached hydrogens (tertiary/aromatic N) is 2. The zero-order valence-corrected chi connectivity index (χ0v) is 22.4. The van der Waals surface area contributed by atoms with Gasteiger partial charge in [-0.3, -0.25) is 13.9 Å². The lowest BCUT2D eigenvalue weighted by Crippen LogP contribution is -2.52. The van der Waals surface area contributed by atoms with E-state index in [2.05, 4.69) is 5.32 Å². The minimum Gasteiger partial charge on any atom is -0.495 e. The number of halogens is 1. The highest BCUT2D eigenvalue weighted by molar-refractivity contribution is 7.92. The molecule has 0 aliphatic rings. The van der Waals surface area contributed by atoms with E-state index < -0.39 is 28.5 Å². The third-order valence-corrected chi connectivity index (χ3v) is 6.91. The quantitative estimate of drug-likeness (QED) is 0.457. The molecular formula is C25H34ClN3O5S. The summed E-state index contributed by atoms with van der Waals surface area (Å²) in [6.45, 7) is 5.89. The van der Waals surface area contributed by atoms with Gasteiger partial charge in [-0.05, 0) is 43.5 Å². The van der Waals surface area contributed by atoms with Crippen molar-refractivity contribution in [1.82, 2.24) is 10.2 Å². The standard InChI is InChI=1S/C25H34ClN3O5S/c1-6-13-27-25(31)22(7-2)28(16-19-10-8-9-18(3)14-19)24(30)17-29(35(5,32)33)20-11-12-23(34-4)21(26)15-20/h8-12,14-15,22H,6-7,13,16-17H2,1-5H3,(H,27,31)/t22-/m0/s1. The minimum atomic E-state index is -3.84. The summed E-state index contributed by atoms with van der Waals surface area (Å²) >= 11 is 6.21. The number of carbonyl (C=O) groups is 2. The second-order valence-corrected chi connectivity index (χ2v) is 10.6. The van der Waals surface area contributed by atoms with E-state index in [4.69, 9.17) is 16.3 Å². The van der Waals surface area contributed by atoms with Crippen molar-refractivity contribution < 1.29 is 22.7 Å². The average molecular weight is 524 g/mol. The zero-order valence-electron chi connectivity index (χ0n) is 20.9. The molecule has 2 amide bonds. The lowest BCUT2D eigenvalue weighted by molar-refractivity contribution is -0.140. The van der Waals surface area contributed by atoms with E-state index >= 15 is 0 Å². The van der Waals surface area contributed by atoms with E-state index in [1.807, 2.05) is 45.0 Å². The van der Waals surface area contributed by atoms with Gasteiger partial charge in [0.2, 0.25) is 21.8 Å². The highest BCUT2D eigenvalue weighted by Crippen LogP contribution is 2.30. The van der Waals surface area contributed by atoms with Crippen LogP contribution in [0.4, 0.5) is 5.69 Å². The Balaban J connectivity index is 2.45. The summed E-state index contributed by atoms with van der Waals surface area (Å²) in [7, 11) is -2.39. The van der Waals surface area contributed by atoms with Crippen LogP contribution in [0.15, 0.2) is 42.5 Å². The van der Waals surface area contributed by atoms with E-state index in [0.29, 0.717) is 18.7 Å². The Bertz CT molecular complexity index is 1140. The molecule has 1 atom stereocenters. The van der Waals surface area contributed by atoms with Crippen molar-refractivity contribution in [3.63, 3.8) is 0 Å². The summed E-state index contributed by atoms with van der Waals surface area (Å²) in [5.74, 6) is -0.383. The molecule has 10 heteroatoms. The fourth-order valence-corrected chi connectivity index (χ4v) is 4.81. The molecule has 0 bridgehead atoms. The first kappa shape index (κ1) is 28.5. The van der Waals surface area contributed by atoms with Crippen LogP contribution < -0.4 is 14.4 Å². The fraction of sp³-hybridized carbons (Fsp3) is 0.440. The Labute approximate surface area is 213 Å². The molecule has 192 valence electrons. The number of benzene rings is 2. The molecule has 2 aromatic carbocycles. The largest absolute Gasteiger partial charge is 0.495 e. The normalized spacial score (nSPS) is 12.1. The van der Waals surface area contributed by atoms with E-state index in [1.54, 1.807) is 0 Å². The van der Waals surface area contributed by atoms with Gasteiger partial charge in [-0.15, -0.1) is 0 Å². The molecule has 0 aliphatic heterocycles. The van der Waals surface area contributed by atoms with Gasteiger partial charge in [0.1, 0.15) is 18.3 Å². The molecular weight excluding hydrogens is 490 g/mol. The summed E-state index contributed by atoms with van der Waals surface area (Å²) in [5.41, 5.74) is 2.09. The maximum absolute atomic E-state index is 13.6. The van der Waals surface area contributed by atoms with Crippen LogP contribution in [-0.4, -0.2) is 57.6 Å². The van der Waals surface area contributed by atoms with Gasteiger partial charge in [-0.2, -0.15) is 0 Å². The van der Waals surface area contributed by atoms with E-state index in [1.165, 1.54) is 30.2 Å². The first-order valence-corrected chi connectivity index (χ1v) is 13.7. The van der Waals surface area contributed by atoms with Gasteiger partial charge < -0.3 is 15.0 Å². The van der Waals surface area contributed by atoms with Crippen LogP contribution in [0.5, 0.6) is 5.75 Å². The van der Waals surface area contributed by atoms with Gasteiger partial charge in [0.15, 0.2) is 0 Å². The number of anilines is 1. The zero-order chi connectivity index (χ0) is 26.2. The molecule has 0 fully saturated rings. The lowest BCUT2D eigenvalue weighted by atomic mass is 10.1. The van der Waals surface area contributed by atoms with Crippen molar-refractivity contribution in [2.75, 3.05) is 30.8 Å². The number of sulfonamides is 1. The summed E-state index contributed by atoms with van der Waals surface area (Å²) in [6.07, 6.45) is 2.16. The molecule has 1 N–H and O–H groups in total. The van der Waals surface area contributed by atoms with Crippen LogP contribution in [0.25, 0.3) is 0 Å². The van der Waals surface area contributed by atoms with Crippen LogP contribution in [0.3, 0.4) is 0 Å². The molecule has 0 aromatic heterocycles. The fourth-order valence-electron chi connectivity index (χ4n) is 3.72. The Morgan fingerprint density at radius 3 is 2.40 bits per heavy atom. The number of aryl methyl sites for hydroxylation is 1. The number of hydrogen-bond donors (Lipinski definition) is 1. The molecule has 8 nitrogen and oxygen atoms in total. The van der Waals surface area contributed by atoms with E-state index in [0.717, 1.165) is 28.1 Å². The first-order chi connectivity index (χ1) is 16.5. The topological polar surface area (TPSA) is 96.0 Å². The Morgan fingerprint density at radius 1 is 1.14 bits per heavy atom. The van der Waals surface area contributed by atoms with Gasteiger partial charge in [0.05, 0.1) is 24.1 Å². The van der Waals surface area contributed by atoms with E-state index in [-0.39, 0.29) is 23.2 Å². The third kappa shape index (κ3) is 7.86. The highest BCUT2D eigenvalue weighted by Gasteiger charge is 2.31. The molecule has 0 heterocycles. The number of carbonyl (C=O) groups excluding carboxylic acids is 2. The molecule has 0 radical (unpaired) electrons. The Hall–Kier alpha value is -2.78. The number of nitrogens with one attached hydrogen (secondary N) is 1. The highest BCUT2D eigenvalue weighted by atomic mass is 35.5. The van der Waals surface area contributed by atoms with Crippen LogP contribution >= 0.6 is 11.6 Å². The van der Waals surface area contributed by atoms with Gasteiger partial charge in [-0.25, -0.2) is 8.42 Å². The molecule has 0 spiro atoms. The SMILES string of the molecule is CCCNC(=O)[C@H](CC)N(Cc1cccc(C)c1)C(=O)CN(c1ccc(OC)c(Cl)c1)S(C)(=O)=O. The molecule has 0 unspecified atom stereocenters. The molecule has 0 saturated carbocycles. The summed E-state index contributed by atoms with van der Waals surface area (Å²) in [6, 6.07) is 11.4. The monoisotopic (exact) mass is 523 g/mol. The first-order valence-electron chi connectivity index (χ1n) is 11.5. The molecule has 35 heavy (non-hydrogen) atoms.